The summed E-state index contributed by atoms with van der Waals surface area (Å²) in [6, 6.07) is 11.6. The maximum Gasteiger partial charge on any atom is 0.308 e. The summed E-state index contributed by atoms with van der Waals surface area (Å²) in [5.41, 5.74) is 1.78. The molecule has 1 heterocycles. The van der Waals surface area contributed by atoms with Crippen LogP contribution in [-0.2, 0) is 11.2 Å². The van der Waals surface area contributed by atoms with E-state index in [1.165, 1.54) is 23.5 Å². The van der Waals surface area contributed by atoms with Crippen molar-refractivity contribution in [3.05, 3.63) is 58.2 Å². The molecule has 1 aromatic heterocycles. The van der Waals surface area contributed by atoms with Gasteiger partial charge in [-0.15, -0.1) is 11.3 Å². The molecule has 0 atom stereocenters. The lowest BCUT2D eigenvalue weighted by atomic mass is 10.1. The Balaban J connectivity index is 2.07. The fraction of sp³-hybridized carbons (Fsp3) is 0.111. The van der Waals surface area contributed by atoms with E-state index in [1.54, 1.807) is 25.3 Å². The van der Waals surface area contributed by atoms with E-state index in [-0.39, 0.29) is 11.4 Å². The lowest BCUT2D eigenvalue weighted by molar-refractivity contribution is -0.136. The van der Waals surface area contributed by atoms with Gasteiger partial charge in [-0.05, 0) is 36.4 Å². The number of hydrogen-bond acceptors (Lipinski definition) is 4. The smallest absolute Gasteiger partial charge is 0.308 e. The Kier molecular flexibility index (Phi) is 5.01. The van der Waals surface area contributed by atoms with E-state index in [0.29, 0.717) is 26.9 Å². The first-order chi connectivity index (χ1) is 12.0. The lowest BCUT2D eigenvalue weighted by Crippen LogP contribution is -1.99. The molecular weight excluding hydrogens is 365 g/mol. The highest BCUT2D eigenvalue weighted by Crippen LogP contribution is 2.35. The zero-order chi connectivity index (χ0) is 18.0. The third-order valence-electron chi connectivity index (χ3n) is 3.54. The summed E-state index contributed by atoms with van der Waals surface area (Å²) in [5.74, 6) is -0.828. The molecule has 0 aliphatic rings. The van der Waals surface area contributed by atoms with Gasteiger partial charge in [-0.25, -0.2) is 9.37 Å². The van der Waals surface area contributed by atoms with Crippen molar-refractivity contribution >= 4 is 28.9 Å². The average Bonchev–Trinajstić information content (AvgIpc) is 3.00. The highest BCUT2D eigenvalue weighted by molar-refractivity contribution is 7.15. The van der Waals surface area contributed by atoms with Crippen LogP contribution >= 0.6 is 22.9 Å². The van der Waals surface area contributed by atoms with Crippen molar-refractivity contribution in [2.75, 3.05) is 7.11 Å². The van der Waals surface area contributed by atoms with Crippen LogP contribution in [-0.4, -0.2) is 23.2 Å². The van der Waals surface area contributed by atoms with Crippen LogP contribution in [0.1, 0.15) is 4.88 Å². The molecule has 0 aliphatic heterocycles. The Bertz CT molecular complexity index is 925. The molecule has 0 unspecified atom stereocenters. The summed E-state index contributed by atoms with van der Waals surface area (Å²) in [6.45, 7) is 0. The van der Waals surface area contributed by atoms with Crippen molar-refractivity contribution < 1.29 is 19.0 Å². The zero-order valence-corrected chi connectivity index (χ0v) is 14.7. The van der Waals surface area contributed by atoms with E-state index >= 15 is 0 Å². The van der Waals surface area contributed by atoms with Gasteiger partial charge < -0.3 is 9.84 Å². The van der Waals surface area contributed by atoms with E-state index in [4.69, 9.17) is 21.4 Å². The molecule has 1 N–H and O–H groups in total. The number of aromatic nitrogens is 1. The van der Waals surface area contributed by atoms with E-state index in [2.05, 4.69) is 4.98 Å². The molecule has 0 amide bonds. The summed E-state index contributed by atoms with van der Waals surface area (Å²) in [4.78, 5) is 16.3. The Morgan fingerprint density at radius 1 is 1.24 bits per heavy atom. The normalized spacial score (nSPS) is 10.7. The van der Waals surface area contributed by atoms with Crippen LogP contribution in [0.5, 0.6) is 5.75 Å². The van der Waals surface area contributed by atoms with Gasteiger partial charge >= 0.3 is 5.97 Å². The van der Waals surface area contributed by atoms with Crippen LogP contribution in [0.3, 0.4) is 0 Å². The van der Waals surface area contributed by atoms with E-state index in [9.17, 15) is 9.18 Å². The average molecular weight is 378 g/mol. The Hall–Kier alpha value is -2.44. The monoisotopic (exact) mass is 377 g/mol. The highest BCUT2D eigenvalue weighted by Gasteiger charge is 2.18. The summed E-state index contributed by atoms with van der Waals surface area (Å²) < 4.78 is 18.9. The minimum Gasteiger partial charge on any atom is -0.497 e. The third-order valence-corrected chi connectivity index (χ3v) is 4.95. The van der Waals surface area contributed by atoms with Crippen molar-refractivity contribution in [2.24, 2.45) is 0 Å². The van der Waals surface area contributed by atoms with Gasteiger partial charge in [0.05, 0.1) is 24.2 Å². The number of carboxylic acid groups (broad SMARTS) is 1. The Labute approximate surface area is 152 Å². The van der Waals surface area contributed by atoms with Crippen molar-refractivity contribution in [3.63, 3.8) is 0 Å². The van der Waals surface area contributed by atoms with Gasteiger partial charge in [-0.1, -0.05) is 17.7 Å². The van der Waals surface area contributed by atoms with Crippen molar-refractivity contribution in [1.29, 1.82) is 0 Å². The van der Waals surface area contributed by atoms with Crippen molar-refractivity contribution in [3.8, 4) is 27.6 Å². The van der Waals surface area contributed by atoms with Crippen LogP contribution in [0.25, 0.3) is 21.8 Å². The number of halogens is 2. The number of benzene rings is 2. The van der Waals surface area contributed by atoms with Gasteiger partial charge in [-0.3, -0.25) is 4.79 Å². The summed E-state index contributed by atoms with van der Waals surface area (Å²) in [6.07, 6.45) is -0.187. The number of hydrogen-bond donors (Lipinski definition) is 1. The van der Waals surface area contributed by atoms with Crippen molar-refractivity contribution in [1.82, 2.24) is 4.98 Å². The summed E-state index contributed by atoms with van der Waals surface area (Å²) >= 11 is 6.99. The number of ether oxygens (including phenoxy) is 1. The van der Waals surface area contributed by atoms with Gasteiger partial charge in [-0.2, -0.15) is 0 Å². The van der Waals surface area contributed by atoms with Gasteiger partial charge in [0, 0.05) is 16.0 Å². The molecule has 0 saturated heterocycles. The van der Waals surface area contributed by atoms with Gasteiger partial charge in [0.15, 0.2) is 0 Å². The van der Waals surface area contributed by atoms with Crippen LogP contribution in [0.2, 0.25) is 5.02 Å². The first kappa shape index (κ1) is 17.4. The first-order valence-electron chi connectivity index (χ1n) is 7.29. The van der Waals surface area contributed by atoms with Crippen LogP contribution in [0.4, 0.5) is 4.39 Å². The fourth-order valence-electron chi connectivity index (χ4n) is 2.33. The lowest BCUT2D eigenvalue weighted by Gasteiger charge is -2.02. The second-order valence-corrected chi connectivity index (χ2v) is 6.71. The minimum absolute atomic E-state index is 0.00846. The zero-order valence-electron chi connectivity index (χ0n) is 13.1. The predicted octanol–water partition coefficient (Wildman–Crippen LogP) is 4.91. The molecule has 0 fully saturated rings. The molecule has 0 bridgehead atoms. The topological polar surface area (TPSA) is 59.4 Å². The molecule has 25 heavy (non-hydrogen) atoms. The molecule has 3 aromatic rings. The molecule has 0 saturated carbocycles. The van der Waals surface area contributed by atoms with Crippen LogP contribution in [0.15, 0.2) is 42.5 Å². The second-order valence-electron chi connectivity index (χ2n) is 5.22. The Morgan fingerprint density at radius 2 is 1.92 bits per heavy atom. The number of carboxylic acids is 1. The molecule has 128 valence electrons. The molecule has 0 aliphatic carbocycles. The molecule has 4 nitrogen and oxygen atoms in total. The number of nitrogens with zero attached hydrogens (tertiary/aromatic N) is 1. The van der Waals surface area contributed by atoms with Gasteiger partial charge in [0.2, 0.25) is 0 Å². The quantitative estimate of drug-likeness (QED) is 0.686. The SMILES string of the molecule is COc1ccc(-c2nc(-c3ccc(Cl)c(F)c3)c(CC(=O)O)s2)cc1. The van der Waals surface area contributed by atoms with Crippen LogP contribution in [0, 0.1) is 5.82 Å². The van der Waals surface area contributed by atoms with E-state index in [1.807, 2.05) is 12.1 Å². The van der Waals surface area contributed by atoms with Gasteiger partial charge in [0.25, 0.3) is 0 Å². The van der Waals surface area contributed by atoms with Crippen molar-refractivity contribution in [2.45, 2.75) is 6.42 Å². The molecule has 0 radical (unpaired) electrons. The van der Waals surface area contributed by atoms with Crippen LogP contribution < -0.4 is 4.74 Å². The number of rotatable bonds is 5. The first-order valence-corrected chi connectivity index (χ1v) is 8.48. The standard InChI is InChI=1S/C18H13ClFNO3S/c1-24-12-5-2-10(3-6-12)18-21-17(15(25-18)9-16(22)23)11-4-7-13(19)14(20)8-11/h2-8H,9H2,1H3,(H,22,23). The Morgan fingerprint density at radius 3 is 2.52 bits per heavy atom. The predicted molar refractivity (Wildman–Crippen MR) is 95.8 cm³/mol. The summed E-state index contributed by atoms with van der Waals surface area (Å²) in [5, 5.41) is 9.82. The maximum absolute atomic E-state index is 13.8. The minimum atomic E-state index is -0.972. The fourth-order valence-corrected chi connectivity index (χ4v) is 3.53. The number of carbonyl (C=O) groups is 1. The second kappa shape index (κ2) is 7.21. The molecule has 3 rings (SSSR count). The largest absolute Gasteiger partial charge is 0.497 e. The molecule has 0 spiro atoms. The molecule has 2 aromatic carbocycles. The number of methoxy groups -OCH3 is 1. The molecular formula is C18H13ClFNO3S. The summed E-state index contributed by atoms with van der Waals surface area (Å²) in [7, 11) is 1.58. The van der Waals surface area contributed by atoms with Gasteiger partial charge in [0.1, 0.15) is 16.6 Å². The van der Waals surface area contributed by atoms with E-state index < -0.39 is 11.8 Å². The number of aliphatic carboxylic acids is 1. The van der Waals surface area contributed by atoms with E-state index in [0.717, 1.165) is 5.56 Å². The third kappa shape index (κ3) is 3.81. The number of thiazole rings is 1. The maximum atomic E-state index is 13.8. The highest BCUT2D eigenvalue weighted by atomic mass is 35.5. The molecule has 7 heteroatoms.